The van der Waals surface area contributed by atoms with Crippen molar-refractivity contribution in [2.24, 2.45) is 0 Å². The van der Waals surface area contributed by atoms with Gasteiger partial charge < -0.3 is 4.90 Å². The average molecular weight is 193 g/mol. The number of hydrogen-bond acceptors (Lipinski definition) is 3. The predicted octanol–water partition coefficient (Wildman–Crippen LogP) is 0.229. The van der Waals surface area contributed by atoms with E-state index >= 15 is 0 Å². The molecule has 0 aromatic heterocycles. The van der Waals surface area contributed by atoms with Crippen LogP contribution in [0.3, 0.4) is 0 Å². The van der Waals surface area contributed by atoms with Crippen molar-refractivity contribution in [3.63, 3.8) is 0 Å². The Morgan fingerprint density at radius 1 is 1.71 bits per heavy atom. The van der Waals surface area contributed by atoms with Crippen LogP contribution in [-0.2, 0) is 4.79 Å². The molecule has 0 radical (unpaired) electrons. The Morgan fingerprint density at radius 2 is 2.43 bits per heavy atom. The van der Waals surface area contributed by atoms with Gasteiger partial charge in [-0.15, -0.1) is 6.58 Å². The van der Waals surface area contributed by atoms with Crippen molar-refractivity contribution < 1.29 is 4.79 Å². The van der Waals surface area contributed by atoms with Crippen LogP contribution in [0, 0.1) is 11.3 Å². The van der Waals surface area contributed by atoms with Crippen LogP contribution in [0.15, 0.2) is 12.7 Å². The zero-order valence-electron chi connectivity index (χ0n) is 8.44. The minimum atomic E-state index is -0.281. The van der Waals surface area contributed by atoms with Crippen LogP contribution < -0.4 is 0 Å². The van der Waals surface area contributed by atoms with Gasteiger partial charge in [0.25, 0.3) is 0 Å². The van der Waals surface area contributed by atoms with Crippen LogP contribution in [0.25, 0.3) is 0 Å². The molecule has 0 aromatic rings. The Bertz CT molecular complexity index is 269. The van der Waals surface area contributed by atoms with Crippen molar-refractivity contribution in [2.75, 3.05) is 26.7 Å². The van der Waals surface area contributed by atoms with Gasteiger partial charge in [0.15, 0.2) is 0 Å². The van der Waals surface area contributed by atoms with E-state index in [4.69, 9.17) is 5.26 Å². The van der Waals surface area contributed by atoms with Gasteiger partial charge in [-0.1, -0.05) is 6.08 Å². The smallest absolute Gasteiger partial charge is 0.240 e. The molecule has 0 N–H and O–H groups in total. The summed E-state index contributed by atoms with van der Waals surface area (Å²) in [7, 11) is 1.78. The summed E-state index contributed by atoms with van der Waals surface area (Å²) in [4.78, 5) is 15.4. The first-order valence-corrected chi connectivity index (χ1v) is 4.67. The molecule has 0 spiro atoms. The molecule has 14 heavy (non-hydrogen) atoms. The fourth-order valence-corrected chi connectivity index (χ4v) is 1.64. The third kappa shape index (κ3) is 2.12. The molecule has 1 rings (SSSR count). The topological polar surface area (TPSA) is 47.3 Å². The minimum absolute atomic E-state index is 0.0413. The number of piperazine rings is 1. The molecule has 1 amide bonds. The van der Waals surface area contributed by atoms with Gasteiger partial charge in [0.1, 0.15) is 6.04 Å². The first kappa shape index (κ1) is 10.7. The summed E-state index contributed by atoms with van der Waals surface area (Å²) in [6.45, 7) is 5.87. The molecule has 76 valence electrons. The van der Waals surface area contributed by atoms with Crippen LogP contribution in [0.2, 0.25) is 0 Å². The molecule has 1 unspecified atom stereocenters. The second-order valence-corrected chi connectivity index (χ2v) is 3.42. The van der Waals surface area contributed by atoms with E-state index < -0.39 is 0 Å². The predicted molar refractivity (Wildman–Crippen MR) is 53.4 cm³/mol. The van der Waals surface area contributed by atoms with Gasteiger partial charge in [0.05, 0.1) is 12.5 Å². The number of carbonyl (C=O) groups is 1. The lowest BCUT2D eigenvalue weighted by atomic mass is 10.1. The van der Waals surface area contributed by atoms with Gasteiger partial charge >= 0.3 is 0 Å². The molecule has 1 aliphatic rings. The Morgan fingerprint density at radius 3 is 3.00 bits per heavy atom. The van der Waals surface area contributed by atoms with Crippen molar-refractivity contribution >= 4 is 5.91 Å². The van der Waals surface area contributed by atoms with E-state index in [-0.39, 0.29) is 18.4 Å². The summed E-state index contributed by atoms with van der Waals surface area (Å²) in [6, 6.07) is 1.77. The second-order valence-electron chi connectivity index (χ2n) is 3.42. The third-order valence-corrected chi connectivity index (χ3v) is 2.47. The molecule has 1 saturated heterocycles. The van der Waals surface area contributed by atoms with Gasteiger partial charge in [-0.2, -0.15) is 5.26 Å². The quantitative estimate of drug-likeness (QED) is 0.603. The van der Waals surface area contributed by atoms with Crippen molar-refractivity contribution in [3.8, 4) is 6.07 Å². The summed E-state index contributed by atoms with van der Waals surface area (Å²) in [5, 5.41) is 8.64. The number of carbonyl (C=O) groups excluding carboxylic acids is 1. The van der Waals surface area contributed by atoms with E-state index in [1.165, 1.54) is 0 Å². The highest BCUT2D eigenvalue weighted by atomic mass is 16.2. The number of likely N-dealkylation sites (N-methyl/N-ethyl adjacent to an activating group) is 1. The monoisotopic (exact) mass is 193 g/mol. The van der Waals surface area contributed by atoms with Crippen LogP contribution in [0.5, 0.6) is 0 Å². The van der Waals surface area contributed by atoms with Gasteiger partial charge in [0.2, 0.25) is 5.91 Å². The van der Waals surface area contributed by atoms with E-state index in [0.29, 0.717) is 6.54 Å². The molecular weight excluding hydrogens is 178 g/mol. The highest BCUT2D eigenvalue weighted by Gasteiger charge is 2.31. The van der Waals surface area contributed by atoms with Crippen LogP contribution in [-0.4, -0.2) is 48.4 Å². The third-order valence-electron chi connectivity index (χ3n) is 2.47. The van der Waals surface area contributed by atoms with Crippen LogP contribution >= 0.6 is 0 Å². The Kier molecular flexibility index (Phi) is 3.66. The molecule has 1 heterocycles. The molecule has 4 heteroatoms. The first-order valence-electron chi connectivity index (χ1n) is 4.67. The van der Waals surface area contributed by atoms with Crippen molar-refractivity contribution in [2.45, 2.75) is 12.5 Å². The molecule has 1 atom stereocenters. The highest BCUT2D eigenvalue weighted by Crippen LogP contribution is 2.12. The summed E-state index contributed by atoms with van der Waals surface area (Å²) < 4.78 is 0. The normalized spacial score (nSPS) is 23.3. The lowest BCUT2D eigenvalue weighted by molar-refractivity contribution is -0.139. The van der Waals surface area contributed by atoms with Crippen molar-refractivity contribution in [1.82, 2.24) is 9.80 Å². The minimum Gasteiger partial charge on any atom is -0.343 e. The summed E-state index contributed by atoms with van der Waals surface area (Å²) in [5.41, 5.74) is 0. The van der Waals surface area contributed by atoms with Gasteiger partial charge in [-0.3, -0.25) is 9.69 Å². The summed E-state index contributed by atoms with van der Waals surface area (Å²) in [6.07, 6.45) is 2.03. The van der Waals surface area contributed by atoms with Crippen molar-refractivity contribution in [3.05, 3.63) is 12.7 Å². The van der Waals surface area contributed by atoms with Crippen LogP contribution in [0.4, 0.5) is 0 Å². The zero-order chi connectivity index (χ0) is 10.6. The lowest BCUT2D eigenvalue weighted by Crippen LogP contribution is -2.55. The number of hydrogen-bond donors (Lipinski definition) is 0. The van der Waals surface area contributed by atoms with Crippen molar-refractivity contribution in [1.29, 1.82) is 5.26 Å². The first-order chi connectivity index (χ1) is 6.70. The zero-order valence-corrected chi connectivity index (χ0v) is 8.44. The van der Waals surface area contributed by atoms with Gasteiger partial charge in [0, 0.05) is 26.7 Å². The maximum atomic E-state index is 11.7. The summed E-state index contributed by atoms with van der Waals surface area (Å²) in [5.74, 6) is 0.0413. The van der Waals surface area contributed by atoms with E-state index in [1.54, 1.807) is 18.0 Å². The van der Waals surface area contributed by atoms with Gasteiger partial charge in [-0.05, 0) is 0 Å². The number of nitrogens with zero attached hydrogens (tertiary/aromatic N) is 3. The number of amides is 1. The van der Waals surface area contributed by atoms with Gasteiger partial charge in [-0.25, -0.2) is 0 Å². The number of nitriles is 1. The maximum Gasteiger partial charge on any atom is 0.240 e. The van der Waals surface area contributed by atoms with Crippen LogP contribution in [0.1, 0.15) is 6.42 Å². The molecule has 4 nitrogen and oxygen atoms in total. The lowest BCUT2D eigenvalue weighted by Gasteiger charge is -2.37. The molecule has 1 aliphatic heterocycles. The van der Waals surface area contributed by atoms with E-state index in [9.17, 15) is 4.79 Å². The molecule has 0 aromatic carbocycles. The fourth-order valence-electron chi connectivity index (χ4n) is 1.64. The molecule has 0 saturated carbocycles. The fraction of sp³-hybridized carbons (Fsp3) is 0.600. The Labute approximate surface area is 84.4 Å². The molecular formula is C10H15N3O. The summed E-state index contributed by atoms with van der Waals surface area (Å²) >= 11 is 0. The van der Waals surface area contributed by atoms with E-state index in [2.05, 4.69) is 12.6 Å². The average Bonchev–Trinajstić information content (AvgIpc) is 2.18. The second kappa shape index (κ2) is 4.77. The van der Waals surface area contributed by atoms with E-state index in [1.807, 2.05) is 4.90 Å². The highest BCUT2D eigenvalue weighted by molar-refractivity contribution is 5.82. The van der Waals surface area contributed by atoms with E-state index in [0.717, 1.165) is 13.1 Å². The molecule has 0 bridgehead atoms. The standard InChI is InChI=1S/C10H15N3O/c1-3-6-13-8-7-12(2)10(14)9(13)4-5-11/h3,9H,1,4,6-8H2,2H3. The SMILES string of the molecule is C=CCN1CCN(C)C(=O)C1CC#N. The largest absolute Gasteiger partial charge is 0.343 e. The number of rotatable bonds is 3. The Hall–Kier alpha value is -1.34. The molecule has 0 aliphatic carbocycles. The molecule has 1 fully saturated rings. The Balaban J connectivity index is 2.71. The maximum absolute atomic E-state index is 11.7.